The molecule has 38 heavy (non-hydrogen) atoms. The third-order valence-corrected chi connectivity index (χ3v) is 6.58. The Labute approximate surface area is 222 Å². The fourth-order valence-electron chi connectivity index (χ4n) is 4.55. The Bertz CT molecular complexity index is 1580. The second-order valence-corrected chi connectivity index (χ2v) is 9.33. The van der Waals surface area contributed by atoms with Gasteiger partial charge in [0.25, 0.3) is 5.91 Å². The van der Waals surface area contributed by atoms with Crippen LogP contribution in [0, 0.1) is 5.41 Å². The lowest BCUT2D eigenvalue weighted by atomic mass is 10.1. The predicted molar refractivity (Wildman–Crippen MR) is 152 cm³/mol. The van der Waals surface area contributed by atoms with Crippen LogP contribution < -0.4 is 15.8 Å². The van der Waals surface area contributed by atoms with Gasteiger partial charge in [-0.15, -0.1) is 0 Å². The van der Waals surface area contributed by atoms with Gasteiger partial charge in [0, 0.05) is 23.0 Å². The molecule has 4 aromatic carbocycles. The first-order valence-electron chi connectivity index (χ1n) is 12.6. The second kappa shape index (κ2) is 11.0. The first-order chi connectivity index (χ1) is 18.5. The third-order valence-electron chi connectivity index (χ3n) is 6.58. The SMILES string of the molecule is C[C@@H](NC(=O)c1cc2cc(OCc3ccccc3)ccc2n1Cc1cccc(C(=N)N)c1)c1ccccc1. The summed E-state index contributed by atoms with van der Waals surface area (Å²) in [5, 5.41) is 11.9. The highest BCUT2D eigenvalue weighted by molar-refractivity contribution is 5.99. The van der Waals surface area contributed by atoms with Crippen LogP contribution in [0.1, 0.15) is 45.7 Å². The van der Waals surface area contributed by atoms with Gasteiger partial charge in [-0.05, 0) is 53.9 Å². The molecule has 6 heteroatoms. The van der Waals surface area contributed by atoms with Crippen molar-refractivity contribution in [3.05, 3.63) is 137 Å². The molecule has 1 amide bonds. The van der Waals surface area contributed by atoms with Crippen LogP contribution in [-0.4, -0.2) is 16.3 Å². The monoisotopic (exact) mass is 502 g/mol. The smallest absolute Gasteiger partial charge is 0.268 e. The van der Waals surface area contributed by atoms with Crippen LogP contribution in [0.5, 0.6) is 5.75 Å². The number of carbonyl (C=O) groups excluding carboxylic acids is 1. The van der Waals surface area contributed by atoms with Crippen molar-refractivity contribution >= 4 is 22.6 Å². The molecule has 5 rings (SSSR count). The number of aromatic nitrogens is 1. The molecule has 0 saturated carbocycles. The minimum Gasteiger partial charge on any atom is -0.489 e. The minimum absolute atomic E-state index is 0.0130. The maximum atomic E-state index is 13.6. The van der Waals surface area contributed by atoms with Crippen LogP contribution >= 0.6 is 0 Å². The number of hydrogen-bond donors (Lipinski definition) is 3. The fourth-order valence-corrected chi connectivity index (χ4v) is 4.55. The van der Waals surface area contributed by atoms with E-state index in [0.29, 0.717) is 24.4 Å². The van der Waals surface area contributed by atoms with E-state index < -0.39 is 0 Å². The summed E-state index contributed by atoms with van der Waals surface area (Å²) in [6.07, 6.45) is 0. The molecule has 0 aliphatic rings. The van der Waals surface area contributed by atoms with Crippen LogP contribution in [0.4, 0.5) is 0 Å². The number of hydrogen-bond acceptors (Lipinski definition) is 3. The summed E-state index contributed by atoms with van der Waals surface area (Å²) in [4.78, 5) is 13.6. The minimum atomic E-state index is -0.160. The van der Waals surface area contributed by atoms with E-state index in [-0.39, 0.29) is 17.8 Å². The van der Waals surface area contributed by atoms with Gasteiger partial charge in [0.2, 0.25) is 0 Å². The highest BCUT2D eigenvalue weighted by Gasteiger charge is 2.19. The summed E-state index contributed by atoms with van der Waals surface area (Å²) >= 11 is 0. The van der Waals surface area contributed by atoms with E-state index in [2.05, 4.69) is 5.32 Å². The van der Waals surface area contributed by atoms with Crippen LogP contribution in [0.15, 0.2) is 109 Å². The quantitative estimate of drug-likeness (QED) is 0.169. The molecule has 5 aromatic rings. The van der Waals surface area contributed by atoms with Crippen LogP contribution in [0.25, 0.3) is 10.9 Å². The summed E-state index contributed by atoms with van der Waals surface area (Å²) in [5.74, 6) is 0.591. The zero-order valence-electron chi connectivity index (χ0n) is 21.2. The first-order valence-corrected chi connectivity index (χ1v) is 12.6. The van der Waals surface area contributed by atoms with E-state index in [1.807, 2.05) is 121 Å². The zero-order valence-corrected chi connectivity index (χ0v) is 21.2. The third kappa shape index (κ3) is 5.60. The van der Waals surface area contributed by atoms with Gasteiger partial charge >= 0.3 is 0 Å². The molecule has 1 heterocycles. The molecule has 1 aromatic heterocycles. The summed E-state index contributed by atoms with van der Waals surface area (Å²) in [6, 6.07) is 35.1. The lowest BCUT2D eigenvalue weighted by molar-refractivity contribution is 0.0931. The summed E-state index contributed by atoms with van der Waals surface area (Å²) in [6.45, 7) is 2.90. The van der Waals surface area contributed by atoms with Crippen molar-refractivity contribution in [2.45, 2.75) is 26.1 Å². The molecular weight excluding hydrogens is 472 g/mol. The molecule has 0 spiro atoms. The number of ether oxygens (including phenoxy) is 1. The standard InChI is InChI=1S/C32H30N4O2/c1-22(25-12-6-3-7-13-25)35-32(37)30-19-27-18-28(38-21-23-9-4-2-5-10-23)15-16-29(27)36(30)20-24-11-8-14-26(17-24)31(33)34/h2-19,22H,20-21H2,1H3,(H3,33,34)(H,35,37)/t22-/m1/s1. The van der Waals surface area contributed by atoms with Gasteiger partial charge in [0.1, 0.15) is 23.9 Å². The van der Waals surface area contributed by atoms with Gasteiger partial charge in [0.05, 0.1) is 6.04 Å². The maximum Gasteiger partial charge on any atom is 0.268 e. The van der Waals surface area contributed by atoms with Gasteiger partial charge in [-0.2, -0.15) is 0 Å². The largest absolute Gasteiger partial charge is 0.489 e. The molecule has 0 unspecified atom stereocenters. The molecule has 1 atom stereocenters. The number of amides is 1. The Hall–Kier alpha value is -4.84. The molecule has 0 fully saturated rings. The number of benzene rings is 4. The normalized spacial score (nSPS) is 11.7. The van der Waals surface area contributed by atoms with E-state index in [0.717, 1.165) is 33.3 Å². The number of fused-ring (bicyclic) bond motifs is 1. The number of carbonyl (C=O) groups is 1. The van der Waals surface area contributed by atoms with E-state index in [4.69, 9.17) is 15.9 Å². The van der Waals surface area contributed by atoms with Gasteiger partial charge in [-0.3, -0.25) is 10.2 Å². The van der Waals surface area contributed by atoms with Crippen molar-refractivity contribution < 1.29 is 9.53 Å². The predicted octanol–water partition coefficient (Wildman–Crippen LogP) is 6.04. The van der Waals surface area contributed by atoms with Crippen molar-refractivity contribution in [2.75, 3.05) is 0 Å². The van der Waals surface area contributed by atoms with E-state index in [1.165, 1.54) is 0 Å². The maximum absolute atomic E-state index is 13.6. The van der Waals surface area contributed by atoms with Crippen LogP contribution in [-0.2, 0) is 13.2 Å². The summed E-state index contributed by atoms with van der Waals surface area (Å²) in [5.41, 5.74) is 10.9. The zero-order chi connectivity index (χ0) is 26.5. The van der Waals surface area contributed by atoms with Crippen LogP contribution in [0.3, 0.4) is 0 Å². The summed E-state index contributed by atoms with van der Waals surface area (Å²) in [7, 11) is 0. The van der Waals surface area contributed by atoms with E-state index in [1.54, 1.807) is 0 Å². The highest BCUT2D eigenvalue weighted by Crippen LogP contribution is 2.27. The molecule has 0 aliphatic carbocycles. The van der Waals surface area contributed by atoms with E-state index >= 15 is 0 Å². The van der Waals surface area contributed by atoms with Crippen molar-refractivity contribution in [3.63, 3.8) is 0 Å². The number of nitrogens with two attached hydrogens (primary N) is 1. The molecule has 0 aliphatic heterocycles. The van der Waals surface area contributed by atoms with Gasteiger partial charge < -0.3 is 20.4 Å². The summed E-state index contributed by atoms with van der Waals surface area (Å²) < 4.78 is 8.05. The van der Waals surface area contributed by atoms with Crippen molar-refractivity contribution in [1.29, 1.82) is 5.41 Å². The first kappa shape index (κ1) is 24.8. The lowest BCUT2D eigenvalue weighted by Crippen LogP contribution is -2.28. The number of nitrogens with zero attached hydrogens (tertiary/aromatic N) is 1. The molecule has 0 radical (unpaired) electrons. The van der Waals surface area contributed by atoms with Gasteiger partial charge in [-0.1, -0.05) is 78.9 Å². The Balaban J connectivity index is 1.48. The Morgan fingerprint density at radius 2 is 1.61 bits per heavy atom. The fraction of sp³-hybridized carbons (Fsp3) is 0.125. The molecular formula is C32H30N4O2. The van der Waals surface area contributed by atoms with Gasteiger partial charge in [-0.25, -0.2) is 0 Å². The molecule has 4 N–H and O–H groups in total. The number of amidine groups is 1. The van der Waals surface area contributed by atoms with E-state index in [9.17, 15) is 4.79 Å². The Morgan fingerprint density at radius 3 is 2.34 bits per heavy atom. The topological polar surface area (TPSA) is 93.1 Å². The van der Waals surface area contributed by atoms with Crippen molar-refractivity contribution in [1.82, 2.24) is 9.88 Å². The van der Waals surface area contributed by atoms with Crippen LogP contribution in [0.2, 0.25) is 0 Å². The molecule has 0 bridgehead atoms. The number of nitrogens with one attached hydrogen (secondary N) is 2. The average Bonchev–Trinajstić information content (AvgIpc) is 3.30. The molecule has 6 nitrogen and oxygen atoms in total. The molecule has 190 valence electrons. The average molecular weight is 503 g/mol. The Morgan fingerprint density at radius 1 is 0.895 bits per heavy atom. The highest BCUT2D eigenvalue weighted by atomic mass is 16.5. The van der Waals surface area contributed by atoms with Gasteiger partial charge in [0.15, 0.2) is 0 Å². The lowest BCUT2D eigenvalue weighted by Gasteiger charge is -2.16. The number of nitrogen functional groups attached to an aromatic ring is 1. The Kier molecular flexibility index (Phi) is 7.22. The second-order valence-electron chi connectivity index (χ2n) is 9.33. The number of rotatable bonds is 9. The van der Waals surface area contributed by atoms with Crippen molar-refractivity contribution in [3.8, 4) is 5.75 Å². The van der Waals surface area contributed by atoms with Crippen molar-refractivity contribution in [2.24, 2.45) is 5.73 Å². The molecule has 0 saturated heterocycles.